The number of aromatic nitrogens is 3. The minimum Gasteiger partial charge on any atom is -0.324 e. The lowest BCUT2D eigenvalue weighted by atomic mass is 10.1. The van der Waals surface area contributed by atoms with Gasteiger partial charge in [-0.15, -0.1) is 0 Å². The summed E-state index contributed by atoms with van der Waals surface area (Å²) in [7, 11) is 0. The maximum absolute atomic E-state index is 12.6. The number of anilines is 1. The van der Waals surface area contributed by atoms with Gasteiger partial charge >= 0.3 is 0 Å². The van der Waals surface area contributed by atoms with Gasteiger partial charge in [-0.25, -0.2) is 4.68 Å². The van der Waals surface area contributed by atoms with Gasteiger partial charge in [0.25, 0.3) is 0 Å². The molecule has 2 heterocycles. The number of pyridine rings is 1. The number of hydrogen-bond donors (Lipinski definition) is 1. The van der Waals surface area contributed by atoms with Crippen LogP contribution in [-0.4, -0.2) is 20.7 Å². The summed E-state index contributed by atoms with van der Waals surface area (Å²) in [6.07, 6.45) is 2.78. The molecule has 2 aromatic heterocycles. The second-order valence-electron chi connectivity index (χ2n) is 6.83. The molecule has 0 fully saturated rings. The molecule has 4 aromatic rings. The standard InChI is InChI=1S/C23H22N4O/c1-16-20(17(2)27(26-16)19-10-4-3-5-11-19)13-14-22(28)25-21-12-6-8-18-9-7-15-24-23(18)21/h3-12,15H,13-14H2,1-2H3,(H,25,28). The quantitative estimate of drug-likeness (QED) is 0.558. The van der Waals surface area contributed by atoms with E-state index in [1.165, 1.54) is 0 Å². The zero-order chi connectivity index (χ0) is 19.5. The number of carbonyl (C=O) groups excluding carboxylic acids is 1. The van der Waals surface area contributed by atoms with Crippen LogP contribution < -0.4 is 5.32 Å². The highest BCUT2D eigenvalue weighted by molar-refractivity contribution is 6.00. The average Bonchev–Trinajstić information content (AvgIpc) is 3.01. The van der Waals surface area contributed by atoms with E-state index in [1.54, 1.807) is 6.20 Å². The van der Waals surface area contributed by atoms with E-state index in [-0.39, 0.29) is 5.91 Å². The minimum atomic E-state index is -0.0237. The van der Waals surface area contributed by atoms with Gasteiger partial charge in [-0.05, 0) is 50.1 Å². The maximum atomic E-state index is 12.6. The molecule has 0 spiro atoms. The van der Waals surface area contributed by atoms with Crippen LogP contribution >= 0.6 is 0 Å². The molecule has 140 valence electrons. The van der Waals surface area contributed by atoms with Crippen molar-refractivity contribution in [1.82, 2.24) is 14.8 Å². The van der Waals surface area contributed by atoms with E-state index in [1.807, 2.05) is 72.3 Å². The summed E-state index contributed by atoms with van der Waals surface area (Å²) in [5.41, 5.74) is 5.74. The molecule has 0 radical (unpaired) electrons. The molecule has 2 aromatic carbocycles. The smallest absolute Gasteiger partial charge is 0.224 e. The van der Waals surface area contributed by atoms with Crippen molar-refractivity contribution in [3.8, 4) is 5.69 Å². The third-order valence-electron chi connectivity index (χ3n) is 4.95. The highest BCUT2D eigenvalue weighted by Gasteiger charge is 2.14. The molecule has 0 saturated heterocycles. The van der Waals surface area contributed by atoms with E-state index in [4.69, 9.17) is 0 Å². The van der Waals surface area contributed by atoms with Gasteiger partial charge in [-0.2, -0.15) is 5.10 Å². The molecule has 1 amide bonds. The van der Waals surface area contributed by atoms with Crippen molar-refractivity contribution in [2.45, 2.75) is 26.7 Å². The lowest BCUT2D eigenvalue weighted by molar-refractivity contribution is -0.116. The molecule has 0 aliphatic heterocycles. The topological polar surface area (TPSA) is 59.8 Å². The van der Waals surface area contributed by atoms with E-state index < -0.39 is 0 Å². The van der Waals surface area contributed by atoms with Crippen LogP contribution in [0.4, 0.5) is 5.69 Å². The maximum Gasteiger partial charge on any atom is 0.224 e. The largest absolute Gasteiger partial charge is 0.324 e. The number of para-hydroxylation sites is 2. The van der Waals surface area contributed by atoms with Gasteiger partial charge < -0.3 is 5.32 Å². The van der Waals surface area contributed by atoms with Gasteiger partial charge in [-0.1, -0.05) is 36.4 Å². The Bertz CT molecular complexity index is 1130. The second-order valence-corrected chi connectivity index (χ2v) is 6.83. The van der Waals surface area contributed by atoms with Crippen molar-refractivity contribution in [1.29, 1.82) is 0 Å². The Morgan fingerprint density at radius 2 is 1.79 bits per heavy atom. The molecular weight excluding hydrogens is 348 g/mol. The SMILES string of the molecule is Cc1nn(-c2ccccc2)c(C)c1CCC(=O)Nc1cccc2cccnc12. The summed E-state index contributed by atoms with van der Waals surface area (Å²) in [5.74, 6) is -0.0237. The third kappa shape index (κ3) is 3.51. The number of benzene rings is 2. The molecule has 0 aliphatic carbocycles. The fourth-order valence-electron chi connectivity index (χ4n) is 3.51. The summed E-state index contributed by atoms with van der Waals surface area (Å²) in [5, 5.41) is 8.67. The predicted molar refractivity (Wildman–Crippen MR) is 112 cm³/mol. The summed E-state index contributed by atoms with van der Waals surface area (Å²) in [6, 6.07) is 19.7. The fraction of sp³-hybridized carbons (Fsp3) is 0.174. The Balaban J connectivity index is 1.49. The number of nitrogens with zero attached hydrogens (tertiary/aromatic N) is 3. The molecular formula is C23H22N4O. The van der Waals surface area contributed by atoms with E-state index in [0.717, 1.165) is 39.2 Å². The monoisotopic (exact) mass is 370 g/mol. The third-order valence-corrected chi connectivity index (χ3v) is 4.95. The Morgan fingerprint density at radius 1 is 1.00 bits per heavy atom. The Morgan fingerprint density at radius 3 is 2.61 bits per heavy atom. The molecule has 5 heteroatoms. The number of fused-ring (bicyclic) bond motifs is 1. The first-order valence-electron chi connectivity index (χ1n) is 9.37. The van der Waals surface area contributed by atoms with E-state index >= 15 is 0 Å². The van der Waals surface area contributed by atoms with E-state index in [0.29, 0.717) is 12.8 Å². The summed E-state index contributed by atoms with van der Waals surface area (Å²) in [4.78, 5) is 17.0. The van der Waals surface area contributed by atoms with E-state index in [2.05, 4.69) is 22.3 Å². The Hall–Kier alpha value is -3.47. The second kappa shape index (κ2) is 7.64. The Kier molecular flexibility index (Phi) is 4.89. The average molecular weight is 370 g/mol. The van der Waals surface area contributed by atoms with Crippen LogP contribution in [0.3, 0.4) is 0 Å². The zero-order valence-electron chi connectivity index (χ0n) is 16.0. The number of aryl methyl sites for hydroxylation is 1. The van der Waals surface area contributed by atoms with Crippen LogP contribution in [0, 0.1) is 13.8 Å². The molecule has 0 bridgehead atoms. The van der Waals surface area contributed by atoms with Crippen molar-refractivity contribution in [3.63, 3.8) is 0 Å². The van der Waals surface area contributed by atoms with Crippen molar-refractivity contribution >= 4 is 22.5 Å². The van der Waals surface area contributed by atoms with Crippen LogP contribution in [-0.2, 0) is 11.2 Å². The molecule has 4 rings (SSSR count). The number of amides is 1. The fourth-order valence-corrected chi connectivity index (χ4v) is 3.51. The molecule has 0 atom stereocenters. The number of nitrogens with one attached hydrogen (secondary N) is 1. The molecule has 0 unspecified atom stereocenters. The van der Waals surface area contributed by atoms with Crippen LogP contribution in [0.15, 0.2) is 66.9 Å². The molecule has 1 N–H and O–H groups in total. The minimum absolute atomic E-state index is 0.0237. The van der Waals surface area contributed by atoms with Crippen molar-refractivity contribution < 1.29 is 4.79 Å². The highest BCUT2D eigenvalue weighted by Crippen LogP contribution is 2.22. The zero-order valence-corrected chi connectivity index (χ0v) is 16.0. The van der Waals surface area contributed by atoms with Crippen LogP contribution in [0.5, 0.6) is 0 Å². The number of rotatable bonds is 5. The number of carbonyl (C=O) groups is 1. The van der Waals surface area contributed by atoms with Crippen LogP contribution in [0.2, 0.25) is 0 Å². The first-order valence-corrected chi connectivity index (χ1v) is 9.37. The highest BCUT2D eigenvalue weighted by atomic mass is 16.1. The van der Waals surface area contributed by atoms with Crippen LogP contribution in [0.25, 0.3) is 16.6 Å². The first kappa shape index (κ1) is 17.9. The first-order chi connectivity index (χ1) is 13.6. The number of hydrogen-bond acceptors (Lipinski definition) is 3. The van der Waals surface area contributed by atoms with Crippen molar-refractivity contribution in [2.75, 3.05) is 5.32 Å². The van der Waals surface area contributed by atoms with Gasteiger partial charge in [-0.3, -0.25) is 9.78 Å². The van der Waals surface area contributed by atoms with Gasteiger partial charge in [0.15, 0.2) is 0 Å². The molecule has 28 heavy (non-hydrogen) atoms. The van der Waals surface area contributed by atoms with Crippen LogP contribution in [0.1, 0.15) is 23.4 Å². The van der Waals surface area contributed by atoms with E-state index in [9.17, 15) is 4.79 Å². The lowest BCUT2D eigenvalue weighted by Crippen LogP contribution is -2.13. The van der Waals surface area contributed by atoms with Gasteiger partial charge in [0.2, 0.25) is 5.91 Å². The Labute approximate surface area is 164 Å². The van der Waals surface area contributed by atoms with Crippen molar-refractivity contribution in [2.24, 2.45) is 0 Å². The summed E-state index contributed by atoms with van der Waals surface area (Å²) < 4.78 is 1.94. The normalized spacial score (nSPS) is 10.9. The van der Waals surface area contributed by atoms with Gasteiger partial charge in [0.1, 0.15) is 0 Å². The predicted octanol–water partition coefficient (Wildman–Crippen LogP) is 4.61. The van der Waals surface area contributed by atoms with Gasteiger partial charge in [0, 0.05) is 23.7 Å². The molecule has 0 saturated carbocycles. The molecule has 0 aliphatic rings. The summed E-state index contributed by atoms with van der Waals surface area (Å²) >= 11 is 0. The summed E-state index contributed by atoms with van der Waals surface area (Å²) in [6.45, 7) is 4.04. The van der Waals surface area contributed by atoms with Gasteiger partial charge in [0.05, 0.1) is 22.6 Å². The van der Waals surface area contributed by atoms with Crippen molar-refractivity contribution in [3.05, 3.63) is 83.8 Å². The molecule has 5 nitrogen and oxygen atoms in total. The lowest BCUT2D eigenvalue weighted by Gasteiger charge is -2.08.